The summed E-state index contributed by atoms with van der Waals surface area (Å²) >= 11 is 1.62. The first kappa shape index (κ1) is 21.6. The van der Waals surface area contributed by atoms with Gasteiger partial charge in [0, 0.05) is 36.5 Å². The number of aromatic nitrogens is 1. The normalized spacial score (nSPS) is 13.6. The second-order valence-corrected chi connectivity index (χ2v) is 7.12. The number of nitrogens with one attached hydrogen (secondary N) is 3. The molecule has 1 aromatic heterocycles. The average molecular weight is 499 g/mol. The van der Waals surface area contributed by atoms with Crippen molar-refractivity contribution in [1.82, 2.24) is 20.9 Å². The molecule has 1 fully saturated rings. The molecule has 146 valence electrons. The average Bonchev–Trinajstić information content (AvgIpc) is 3.42. The largest absolute Gasteiger partial charge is 0.357 e. The molecule has 0 spiro atoms. The summed E-state index contributed by atoms with van der Waals surface area (Å²) in [6.07, 6.45) is 2.06. The summed E-state index contributed by atoms with van der Waals surface area (Å²) < 4.78 is 0. The number of thiazole rings is 1. The summed E-state index contributed by atoms with van der Waals surface area (Å²) in [5.41, 5.74) is 2.11. The second-order valence-electron chi connectivity index (χ2n) is 6.18. The number of halogens is 1. The fourth-order valence-electron chi connectivity index (χ4n) is 2.47. The zero-order valence-corrected chi connectivity index (χ0v) is 18.6. The maximum atomic E-state index is 11.6. The van der Waals surface area contributed by atoms with Gasteiger partial charge in [-0.15, -0.1) is 35.3 Å². The number of benzene rings is 1. The second kappa shape index (κ2) is 11.2. The predicted molar refractivity (Wildman–Crippen MR) is 122 cm³/mol. The third-order valence-corrected chi connectivity index (χ3v) is 4.84. The monoisotopic (exact) mass is 499 g/mol. The van der Waals surface area contributed by atoms with E-state index in [0.717, 1.165) is 41.6 Å². The first-order valence-electron chi connectivity index (χ1n) is 9.06. The number of carbonyl (C=O) groups is 1. The Kier molecular flexibility index (Phi) is 8.99. The van der Waals surface area contributed by atoms with E-state index in [0.29, 0.717) is 19.6 Å². The fourth-order valence-corrected chi connectivity index (χ4v) is 3.20. The van der Waals surface area contributed by atoms with E-state index in [1.165, 1.54) is 0 Å². The summed E-state index contributed by atoms with van der Waals surface area (Å²) in [4.78, 5) is 20.9. The van der Waals surface area contributed by atoms with Gasteiger partial charge >= 0.3 is 0 Å². The number of amides is 1. The lowest BCUT2D eigenvalue weighted by Gasteiger charge is -2.11. The maximum absolute atomic E-state index is 11.6. The van der Waals surface area contributed by atoms with Crippen LogP contribution in [-0.4, -0.2) is 36.5 Å². The van der Waals surface area contributed by atoms with Crippen LogP contribution in [0.3, 0.4) is 0 Å². The third kappa shape index (κ3) is 7.10. The Balaban J connectivity index is 0.00000261. The van der Waals surface area contributed by atoms with Crippen LogP contribution in [0, 0.1) is 5.92 Å². The van der Waals surface area contributed by atoms with Crippen LogP contribution in [0.15, 0.2) is 40.7 Å². The van der Waals surface area contributed by atoms with E-state index in [-0.39, 0.29) is 35.8 Å². The van der Waals surface area contributed by atoms with Gasteiger partial charge in [0.15, 0.2) is 5.96 Å². The molecule has 1 saturated carbocycles. The Bertz CT molecular complexity index is 746. The molecule has 3 rings (SSSR count). The van der Waals surface area contributed by atoms with Gasteiger partial charge in [-0.05, 0) is 19.8 Å². The molecular formula is C19H26IN5OS. The van der Waals surface area contributed by atoms with E-state index in [1.54, 1.807) is 11.3 Å². The molecule has 6 nitrogen and oxygen atoms in total. The Morgan fingerprint density at radius 1 is 1.19 bits per heavy atom. The number of hydrogen-bond acceptors (Lipinski definition) is 4. The predicted octanol–water partition coefficient (Wildman–Crippen LogP) is 3.01. The Hall–Kier alpha value is -1.68. The SMILES string of the molecule is CCNC(=NCc1nc(-c2ccccc2)cs1)NCCNC(=O)C1CC1.I. The maximum Gasteiger partial charge on any atom is 0.223 e. The molecule has 0 aliphatic heterocycles. The van der Waals surface area contributed by atoms with E-state index < -0.39 is 0 Å². The molecule has 0 unspecified atom stereocenters. The van der Waals surface area contributed by atoms with Crippen molar-refractivity contribution in [2.75, 3.05) is 19.6 Å². The summed E-state index contributed by atoms with van der Waals surface area (Å²) in [5.74, 6) is 1.16. The Labute approximate surface area is 181 Å². The molecule has 1 aliphatic rings. The molecule has 1 aromatic carbocycles. The lowest BCUT2D eigenvalue weighted by Crippen LogP contribution is -2.41. The zero-order valence-electron chi connectivity index (χ0n) is 15.4. The molecule has 0 radical (unpaired) electrons. The van der Waals surface area contributed by atoms with Crippen molar-refractivity contribution in [3.05, 3.63) is 40.7 Å². The van der Waals surface area contributed by atoms with Crippen molar-refractivity contribution < 1.29 is 4.79 Å². The molecular weight excluding hydrogens is 473 g/mol. The van der Waals surface area contributed by atoms with Crippen LogP contribution >= 0.6 is 35.3 Å². The third-order valence-electron chi connectivity index (χ3n) is 4.00. The van der Waals surface area contributed by atoms with Gasteiger partial charge in [0.2, 0.25) is 5.91 Å². The van der Waals surface area contributed by atoms with Gasteiger partial charge in [-0.1, -0.05) is 30.3 Å². The minimum Gasteiger partial charge on any atom is -0.357 e. The van der Waals surface area contributed by atoms with Gasteiger partial charge < -0.3 is 16.0 Å². The Morgan fingerprint density at radius 3 is 2.63 bits per heavy atom. The van der Waals surface area contributed by atoms with Gasteiger partial charge in [-0.25, -0.2) is 9.98 Å². The van der Waals surface area contributed by atoms with Gasteiger partial charge in [0.05, 0.1) is 12.2 Å². The molecule has 0 atom stereocenters. The number of rotatable bonds is 8. The summed E-state index contributed by atoms with van der Waals surface area (Å²) in [7, 11) is 0. The molecule has 2 aromatic rings. The fraction of sp³-hybridized carbons (Fsp3) is 0.421. The first-order chi connectivity index (χ1) is 12.8. The first-order valence-corrected chi connectivity index (χ1v) is 9.94. The Morgan fingerprint density at radius 2 is 1.93 bits per heavy atom. The molecule has 0 bridgehead atoms. The lowest BCUT2D eigenvalue weighted by atomic mass is 10.2. The van der Waals surface area contributed by atoms with Gasteiger partial charge in [0.1, 0.15) is 5.01 Å². The van der Waals surface area contributed by atoms with Crippen molar-refractivity contribution >= 4 is 47.2 Å². The molecule has 8 heteroatoms. The number of guanidine groups is 1. The smallest absolute Gasteiger partial charge is 0.223 e. The molecule has 27 heavy (non-hydrogen) atoms. The highest BCUT2D eigenvalue weighted by Crippen LogP contribution is 2.28. The number of hydrogen-bond donors (Lipinski definition) is 3. The van der Waals surface area contributed by atoms with Crippen LogP contribution in [0.4, 0.5) is 0 Å². The van der Waals surface area contributed by atoms with E-state index in [4.69, 9.17) is 0 Å². The minimum absolute atomic E-state index is 0. The van der Waals surface area contributed by atoms with Crippen LogP contribution in [0.1, 0.15) is 24.8 Å². The molecule has 1 amide bonds. The number of aliphatic imine (C=N–C) groups is 1. The van der Waals surface area contributed by atoms with Gasteiger partial charge in [-0.3, -0.25) is 4.79 Å². The quantitative estimate of drug-likeness (QED) is 0.226. The zero-order chi connectivity index (χ0) is 18.2. The molecule has 0 saturated heterocycles. The summed E-state index contributed by atoms with van der Waals surface area (Å²) in [5, 5.41) is 12.4. The highest BCUT2D eigenvalue weighted by molar-refractivity contribution is 14.0. The van der Waals surface area contributed by atoms with E-state index in [9.17, 15) is 4.79 Å². The molecule has 3 N–H and O–H groups in total. The van der Waals surface area contributed by atoms with E-state index in [2.05, 4.69) is 43.4 Å². The minimum atomic E-state index is 0. The van der Waals surface area contributed by atoms with E-state index in [1.807, 2.05) is 25.1 Å². The van der Waals surface area contributed by atoms with Crippen LogP contribution in [0.2, 0.25) is 0 Å². The van der Waals surface area contributed by atoms with Crippen molar-refractivity contribution in [1.29, 1.82) is 0 Å². The van der Waals surface area contributed by atoms with Gasteiger partial charge in [0.25, 0.3) is 0 Å². The van der Waals surface area contributed by atoms with Crippen LogP contribution in [0.25, 0.3) is 11.3 Å². The lowest BCUT2D eigenvalue weighted by molar-refractivity contribution is -0.122. The summed E-state index contributed by atoms with van der Waals surface area (Å²) in [6.45, 7) is 4.60. The summed E-state index contributed by atoms with van der Waals surface area (Å²) in [6, 6.07) is 10.2. The molecule has 1 aliphatic carbocycles. The van der Waals surface area contributed by atoms with Crippen LogP contribution in [0.5, 0.6) is 0 Å². The highest BCUT2D eigenvalue weighted by Gasteiger charge is 2.28. The number of carbonyl (C=O) groups excluding carboxylic acids is 1. The van der Waals surface area contributed by atoms with Crippen molar-refractivity contribution in [3.8, 4) is 11.3 Å². The van der Waals surface area contributed by atoms with Gasteiger partial charge in [-0.2, -0.15) is 0 Å². The van der Waals surface area contributed by atoms with Crippen molar-refractivity contribution in [3.63, 3.8) is 0 Å². The van der Waals surface area contributed by atoms with Crippen LogP contribution < -0.4 is 16.0 Å². The highest BCUT2D eigenvalue weighted by atomic mass is 127. The standard InChI is InChI=1S/C19H25N5OS.HI/c1-2-20-19(22-11-10-21-18(25)15-8-9-15)23-12-17-24-16(13-26-17)14-6-4-3-5-7-14;/h3-7,13,15H,2,8-12H2,1H3,(H,21,25)(H2,20,22,23);1H. The molecule has 1 heterocycles. The van der Waals surface area contributed by atoms with Crippen molar-refractivity contribution in [2.45, 2.75) is 26.3 Å². The number of nitrogens with zero attached hydrogens (tertiary/aromatic N) is 2. The van der Waals surface area contributed by atoms with Crippen molar-refractivity contribution in [2.24, 2.45) is 10.9 Å². The van der Waals surface area contributed by atoms with Crippen LogP contribution in [-0.2, 0) is 11.3 Å². The topological polar surface area (TPSA) is 78.4 Å². The van der Waals surface area contributed by atoms with E-state index >= 15 is 0 Å².